The number of ketones is 1. The molecule has 2 aromatic rings. The Kier molecular flexibility index (Phi) is 4.44. The van der Waals surface area contributed by atoms with Crippen LogP contribution in [0.25, 0.3) is 0 Å². The second kappa shape index (κ2) is 6.71. The molecule has 24 heavy (non-hydrogen) atoms. The second-order valence-electron chi connectivity index (χ2n) is 6.41. The lowest BCUT2D eigenvalue weighted by Gasteiger charge is -2.41. The highest BCUT2D eigenvalue weighted by molar-refractivity contribution is 7.99. The van der Waals surface area contributed by atoms with Crippen molar-refractivity contribution in [3.63, 3.8) is 0 Å². The SMILES string of the molecule is O=C1C[C@H]2CC(Sc3ccccc3)O[C@@]12COCc1ccccc1. The zero-order chi connectivity index (χ0) is 16.4. The van der Waals surface area contributed by atoms with Crippen molar-refractivity contribution in [2.75, 3.05) is 6.61 Å². The van der Waals surface area contributed by atoms with Gasteiger partial charge in [0.05, 0.1) is 13.2 Å². The smallest absolute Gasteiger partial charge is 0.167 e. The summed E-state index contributed by atoms with van der Waals surface area (Å²) < 4.78 is 12.0. The number of hydrogen-bond donors (Lipinski definition) is 0. The standard InChI is InChI=1S/C20H20O3S/c21-18-11-16-12-19(24-17-9-5-2-6-10-17)23-20(16,18)14-22-13-15-7-3-1-4-8-15/h1-10,16,19H,11-14H2/t16-,19?,20+/m0/s1. The first-order valence-electron chi connectivity index (χ1n) is 8.31. The summed E-state index contributed by atoms with van der Waals surface area (Å²) in [6, 6.07) is 20.2. The van der Waals surface area contributed by atoms with Crippen molar-refractivity contribution in [1.82, 2.24) is 0 Å². The molecular formula is C20H20O3S. The number of thioether (sulfide) groups is 1. The molecule has 1 unspecified atom stereocenters. The Hall–Kier alpha value is -1.62. The van der Waals surface area contributed by atoms with E-state index in [0.29, 0.717) is 25.6 Å². The molecule has 3 nitrogen and oxygen atoms in total. The van der Waals surface area contributed by atoms with Crippen LogP contribution in [0, 0.1) is 5.92 Å². The fourth-order valence-electron chi connectivity index (χ4n) is 3.46. The highest BCUT2D eigenvalue weighted by Crippen LogP contribution is 2.52. The van der Waals surface area contributed by atoms with E-state index in [9.17, 15) is 4.79 Å². The van der Waals surface area contributed by atoms with Gasteiger partial charge in [0.2, 0.25) is 0 Å². The van der Waals surface area contributed by atoms with Gasteiger partial charge in [0, 0.05) is 17.2 Å². The molecule has 0 spiro atoms. The van der Waals surface area contributed by atoms with Crippen LogP contribution in [0.15, 0.2) is 65.6 Å². The molecule has 3 atom stereocenters. The molecule has 1 aliphatic heterocycles. The number of fused-ring (bicyclic) bond motifs is 1. The van der Waals surface area contributed by atoms with E-state index in [0.717, 1.165) is 12.0 Å². The number of rotatable bonds is 6. The molecule has 0 bridgehead atoms. The number of benzene rings is 2. The van der Waals surface area contributed by atoms with Gasteiger partial charge in [-0.15, -0.1) is 0 Å². The van der Waals surface area contributed by atoms with Crippen LogP contribution in [0.3, 0.4) is 0 Å². The maximum absolute atomic E-state index is 12.3. The normalized spacial score (nSPS) is 28.4. The predicted octanol–water partition coefficient (Wildman–Crippen LogP) is 4.07. The molecule has 2 aliphatic rings. The molecule has 1 saturated carbocycles. The molecule has 0 amide bonds. The Balaban J connectivity index is 1.37. The van der Waals surface area contributed by atoms with Gasteiger partial charge in [-0.25, -0.2) is 0 Å². The predicted molar refractivity (Wildman–Crippen MR) is 93.7 cm³/mol. The van der Waals surface area contributed by atoms with Gasteiger partial charge in [0.25, 0.3) is 0 Å². The summed E-state index contributed by atoms with van der Waals surface area (Å²) in [4.78, 5) is 13.4. The van der Waals surface area contributed by atoms with E-state index in [1.54, 1.807) is 11.8 Å². The van der Waals surface area contributed by atoms with Crippen LogP contribution in [-0.2, 0) is 20.9 Å². The van der Waals surface area contributed by atoms with E-state index in [-0.39, 0.29) is 11.2 Å². The quantitative estimate of drug-likeness (QED) is 0.794. The zero-order valence-corrected chi connectivity index (χ0v) is 14.2. The Labute approximate surface area is 146 Å². The van der Waals surface area contributed by atoms with E-state index < -0.39 is 5.60 Å². The number of ether oxygens (including phenoxy) is 2. The summed E-state index contributed by atoms with van der Waals surface area (Å²) in [5.41, 5.74) is 0.441. The molecule has 1 aliphatic carbocycles. The van der Waals surface area contributed by atoms with Crippen LogP contribution < -0.4 is 0 Å². The monoisotopic (exact) mass is 340 g/mol. The Morgan fingerprint density at radius 2 is 1.79 bits per heavy atom. The molecule has 0 radical (unpaired) electrons. The van der Waals surface area contributed by atoms with Crippen molar-refractivity contribution in [3.05, 3.63) is 66.2 Å². The molecule has 1 heterocycles. The van der Waals surface area contributed by atoms with Crippen molar-refractivity contribution in [2.24, 2.45) is 5.92 Å². The fraction of sp³-hybridized carbons (Fsp3) is 0.350. The summed E-state index contributed by atoms with van der Waals surface area (Å²) >= 11 is 1.70. The molecule has 4 heteroatoms. The minimum absolute atomic E-state index is 0.0316. The number of carbonyl (C=O) groups is 1. The van der Waals surface area contributed by atoms with Crippen molar-refractivity contribution in [2.45, 2.75) is 35.4 Å². The second-order valence-corrected chi connectivity index (χ2v) is 7.64. The first-order valence-corrected chi connectivity index (χ1v) is 9.19. The maximum Gasteiger partial charge on any atom is 0.167 e. The van der Waals surface area contributed by atoms with Crippen molar-refractivity contribution < 1.29 is 14.3 Å². The highest BCUT2D eigenvalue weighted by atomic mass is 32.2. The largest absolute Gasteiger partial charge is 0.373 e. The third-order valence-electron chi connectivity index (χ3n) is 4.82. The van der Waals surface area contributed by atoms with E-state index in [4.69, 9.17) is 9.47 Å². The zero-order valence-electron chi connectivity index (χ0n) is 13.4. The molecule has 4 rings (SSSR count). The molecule has 0 N–H and O–H groups in total. The molecule has 1 saturated heterocycles. The van der Waals surface area contributed by atoms with Gasteiger partial charge in [-0.1, -0.05) is 60.3 Å². The topological polar surface area (TPSA) is 35.5 Å². The summed E-state index contributed by atoms with van der Waals surface area (Å²) in [5, 5.41) is 0. The Morgan fingerprint density at radius 3 is 2.50 bits per heavy atom. The molecule has 124 valence electrons. The van der Waals surface area contributed by atoms with E-state index >= 15 is 0 Å². The van der Waals surface area contributed by atoms with Crippen LogP contribution >= 0.6 is 11.8 Å². The van der Waals surface area contributed by atoms with Gasteiger partial charge < -0.3 is 9.47 Å². The third-order valence-corrected chi connectivity index (χ3v) is 5.92. The average molecular weight is 340 g/mol. The number of hydrogen-bond acceptors (Lipinski definition) is 4. The lowest BCUT2D eigenvalue weighted by Crippen LogP contribution is -2.57. The van der Waals surface area contributed by atoms with Gasteiger partial charge in [-0.05, 0) is 24.1 Å². The van der Waals surface area contributed by atoms with Crippen LogP contribution in [-0.4, -0.2) is 23.4 Å². The molecule has 2 fully saturated rings. The van der Waals surface area contributed by atoms with Crippen molar-refractivity contribution in [3.8, 4) is 0 Å². The third kappa shape index (κ3) is 3.02. The Morgan fingerprint density at radius 1 is 1.08 bits per heavy atom. The van der Waals surface area contributed by atoms with Gasteiger partial charge in [-0.3, -0.25) is 4.79 Å². The number of carbonyl (C=O) groups excluding carboxylic acids is 1. The lowest BCUT2D eigenvalue weighted by molar-refractivity contribution is -0.171. The van der Waals surface area contributed by atoms with Crippen LogP contribution in [0.1, 0.15) is 18.4 Å². The van der Waals surface area contributed by atoms with Gasteiger partial charge in [0.15, 0.2) is 11.4 Å². The van der Waals surface area contributed by atoms with Gasteiger partial charge in [0.1, 0.15) is 5.44 Å². The average Bonchev–Trinajstić information content (AvgIpc) is 2.89. The van der Waals surface area contributed by atoms with Crippen LogP contribution in [0.5, 0.6) is 0 Å². The fourth-order valence-corrected chi connectivity index (χ4v) is 4.62. The van der Waals surface area contributed by atoms with E-state index in [1.807, 2.05) is 48.5 Å². The van der Waals surface area contributed by atoms with Gasteiger partial charge >= 0.3 is 0 Å². The van der Waals surface area contributed by atoms with E-state index in [2.05, 4.69) is 12.1 Å². The number of Topliss-reactive ketones (excluding diaryl/α,β-unsaturated/α-hetero) is 1. The molecule has 0 aromatic heterocycles. The lowest BCUT2D eigenvalue weighted by atomic mass is 9.69. The minimum Gasteiger partial charge on any atom is -0.373 e. The molecule has 2 aromatic carbocycles. The van der Waals surface area contributed by atoms with E-state index in [1.165, 1.54) is 4.90 Å². The summed E-state index contributed by atoms with van der Waals surface area (Å²) in [6.07, 6.45) is 1.54. The Bertz CT molecular complexity index is 703. The minimum atomic E-state index is -0.707. The maximum atomic E-state index is 12.3. The van der Waals surface area contributed by atoms with Crippen molar-refractivity contribution in [1.29, 1.82) is 0 Å². The van der Waals surface area contributed by atoms with Gasteiger partial charge in [-0.2, -0.15) is 0 Å². The van der Waals surface area contributed by atoms with Crippen molar-refractivity contribution >= 4 is 17.5 Å². The van der Waals surface area contributed by atoms with Crippen LogP contribution in [0.2, 0.25) is 0 Å². The van der Waals surface area contributed by atoms with Crippen LogP contribution in [0.4, 0.5) is 0 Å². The summed E-state index contributed by atoms with van der Waals surface area (Å²) in [5.74, 6) is 0.485. The summed E-state index contributed by atoms with van der Waals surface area (Å²) in [6.45, 7) is 0.875. The molecular weight excluding hydrogens is 320 g/mol. The first-order chi connectivity index (χ1) is 11.8. The highest BCUT2D eigenvalue weighted by Gasteiger charge is 2.62. The summed E-state index contributed by atoms with van der Waals surface area (Å²) in [7, 11) is 0. The first kappa shape index (κ1) is 15.9.